The van der Waals surface area contributed by atoms with Crippen molar-refractivity contribution in [1.29, 1.82) is 0 Å². The van der Waals surface area contributed by atoms with E-state index >= 15 is 0 Å². The second-order valence-corrected chi connectivity index (χ2v) is 3.54. The quantitative estimate of drug-likeness (QED) is 0.621. The van der Waals surface area contributed by atoms with Crippen LogP contribution >= 0.6 is 0 Å². The summed E-state index contributed by atoms with van der Waals surface area (Å²) in [7, 11) is 0. The molecule has 5 nitrogen and oxygen atoms in total. The molecule has 0 aromatic heterocycles. The second-order valence-electron chi connectivity index (χ2n) is 3.54. The monoisotopic (exact) mass is 200 g/mol. The van der Waals surface area contributed by atoms with Gasteiger partial charge in [-0.2, -0.15) is 0 Å². The van der Waals surface area contributed by atoms with E-state index in [2.05, 4.69) is 5.32 Å². The highest BCUT2D eigenvalue weighted by molar-refractivity contribution is 5.80. The molecule has 2 aliphatic rings. The average molecular weight is 200 g/mol. The van der Waals surface area contributed by atoms with Gasteiger partial charge in [-0.15, -0.1) is 0 Å². The molecule has 2 heterocycles. The maximum Gasteiger partial charge on any atom is 0.276 e. The first-order chi connectivity index (χ1) is 6.88. The highest BCUT2D eigenvalue weighted by atomic mass is 16.7. The Morgan fingerprint density at radius 3 is 2.93 bits per heavy atom. The summed E-state index contributed by atoms with van der Waals surface area (Å²) in [6.07, 6.45) is 1.70. The summed E-state index contributed by atoms with van der Waals surface area (Å²) in [5.74, 6) is -0.0445. The van der Waals surface area contributed by atoms with Crippen molar-refractivity contribution in [3.63, 3.8) is 0 Å². The number of amides is 1. The van der Waals surface area contributed by atoms with Crippen molar-refractivity contribution in [3.05, 3.63) is 0 Å². The van der Waals surface area contributed by atoms with E-state index in [0.717, 1.165) is 19.4 Å². The molecule has 0 aliphatic carbocycles. The minimum atomic E-state index is -0.359. The highest BCUT2D eigenvalue weighted by Crippen LogP contribution is 2.09. The zero-order valence-electron chi connectivity index (χ0n) is 8.20. The van der Waals surface area contributed by atoms with Crippen LogP contribution in [0, 0.1) is 0 Å². The number of hydroxylamine groups is 2. The fourth-order valence-electron chi connectivity index (χ4n) is 1.66. The number of rotatable bonds is 1. The maximum atomic E-state index is 11.8. The highest BCUT2D eigenvalue weighted by Gasteiger charge is 2.28. The molecule has 1 unspecified atom stereocenters. The third-order valence-corrected chi connectivity index (χ3v) is 2.45. The molecule has 0 saturated carbocycles. The molecule has 0 aromatic carbocycles. The number of hydrogen-bond acceptors (Lipinski definition) is 4. The summed E-state index contributed by atoms with van der Waals surface area (Å²) in [5, 5.41) is 4.57. The van der Waals surface area contributed by atoms with E-state index in [1.165, 1.54) is 5.06 Å². The lowest BCUT2D eigenvalue weighted by Gasteiger charge is -2.31. The summed E-state index contributed by atoms with van der Waals surface area (Å²) >= 11 is 0. The molecule has 2 rings (SSSR count). The van der Waals surface area contributed by atoms with Gasteiger partial charge in [0.25, 0.3) is 5.91 Å². The van der Waals surface area contributed by atoms with Crippen molar-refractivity contribution in [1.82, 2.24) is 10.4 Å². The van der Waals surface area contributed by atoms with Crippen molar-refractivity contribution >= 4 is 5.91 Å². The molecule has 1 atom stereocenters. The standard InChI is InChI=1S/C9H16N2O3/c12-9(8-7-10-3-6-13-8)11-4-1-2-5-14-11/h8,10H,1-7H2. The smallest absolute Gasteiger partial charge is 0.276 e. The van der Waals surface area contributed by atoms with E-state index in [1.54, 1.807) is 0 Å². The summed E-state index contributed by atoms with van der Waals surface area (Å²) in [6, 6.07) is 0. The SMILES string of the molecule is O=C(C1CNCCO1)N1CCCCO1. The Kier molecular flexibility index (Phi) is 3.34. The predicted octanol–water partition coefficient (Wildman–Crippen LogP) is -0.471. The lowest BCUT2D eigenvalue weighted by atomic mass is 10.2. The van der Waals surface area contributed by atoms with Gasteiger partial charge in [0.1, 0.15) is 0 Å². The molecule has 2 saturated heterocycles. The third-order valence-electron chi connectivity index (χ3n) is 2.45. The molecule has 0 bridgehead atoms. The van der Waals surface area contributed by atoms with Gasteiger partial charge in [0.2, 0.25) is 0 Å². The van der Waals surface area contributed by atoms with E-state index in [9.17, 15) is 4.79 Å². The Bertz CT molecular complexity index is 178. The van der Waals surface area contributed by atoms with Gasteiger partial charge < -0.3 is 10.1 Å². The van der Waals surface area contributed by atoms with Crippen LogP contribution in [0.5, 0.6) is 0 Å². The van der Waals surface area contributed by atoms with E-state index in [4.69, 9.17) is 9.57 Å². The average Bonchev–Trinajstić information content (AvgIpc) is 2.30. The molecular formula is C9H16N2O3. The lowest BCUT2D eigenvalue weighted by Crippen LogP contribution is -2.50. The van der Waals surface area contributed by atoms with Gasteiger partial charge in [-0.3, -0.25) is 9.63 Å². The fraction of sp³-hybridized carbons (Fsp3) is 0.889. The summed E-state index contributed by atoms with van der Waals surface area (Å²) in [4.78, 5) is 17.1. The molecular weight excluding hydrogens is 184 g/mol. The van der Waals surface area contributed by atoms with Crippen molar-refractivity contribution in [3.8, 4) is 0 Å². The number of carbonyl (C=O) groups excluding carboxylic acids is 1. The van der Waals surface area contributed by atoms with Gasteiger partial charge in [-0.25, -0.2) is 5.06 Å². The normalized spacial score (nSPS) is 28.9. The van der Waals surface area contributed by atoms with Crippen LogP contribution < -0.4 is 5.32 Å². The molecule has 1 N–H and O–H groups in total. The third kappa shape index (κ3) is 2.23. The minimum Gasteiger partial charge on any atom is -0.366 e. The number of ether oxygens (including phenoxy) is 1. The summed E-state index contributed by atoms with van der Waals surface area (Å²) in [5.41, 5.74) is 0. The fourth-order valence-corrected chi connectivity index (χ4v) is 1.66. The first-order valence-electron chi connectivity index (χ1n) is 5.14. The largest absolute Gasteiger partial charge is 0.366 e. The Hall–Kier alpha value is -0.650. The van der Waals surface area contributed by atoms with Gasteiger partial charge in [0, 0.05) is 19.6 Å². The molecule has 0 radical (unpaired) electrons. The van der Waals surface area contributed by atoms with E-state index < -0.39 is 0 Å². The van der Waals surface area contributed by atoms with Gasteiger partial charge in [0.15, 0.2) is 6.10 Å². The van der Waals surface area contributed by atoms with Crippen LogP contribution in [0.25, 0.3) is 0 Å². The van der Waals surface area contributed by atoms with Crippen LogP contribution in [0.15, 0.2) is 0 Å². The Morgan fingerprint density at radius 1 is 1.36 bits per heavy atom. The summed E-state index contributed by atoms with van der Waals surface area (Å²) < 4.78 is 5.36. The van der Waals surface area contributed by atoms with Crippen LogP contribution in [0.4, 0.5) is 0 Å². The summed E-state index contributed by atoms with van der Waals surface area (Å²) in [6.45, 7) is 3.36. The van der Waals surface area contributed by atoms with E-state index in [1.807, 2.05) is 0 Å². The predicted molar refractivity (Wildman–Crippen MR) is 49.5 cm³/mol. The van der Waals surface area contributed by atoms with Crippen LogP contribution in [-0.2, 0) is 14.4 Å². The Balaban J connectivity index is 1.85. The van der Waals surface area contributed by atoms with E-state index in [-0.39, 0.29) is 12.0 Å². The van der Waals surface area contributed by atoms with Crippen LogP contribution in [0.1, 0.15) is 12.8 Å². The topological polar surface area (TPSA) is 50.8 Å². The van der Waals surface area contributed by atoms with Gasteiger partial charge in [-0.05, 0) is 12.8 Å². The molecule has 0 spiro atoms. The number of nitrogens with one attached hydrogen (secondary N) is 1. The maximum absolute atomic E-state index is 11.8. The van der Waals surface area contributed by atoms with E-state index in [0.29, 0.717) is 26.3 Å². The molecule has 5 heteroatoms. The van der Waals surface area contributed by atoms with Crippen LogP contribution in [0.2, 0.25) is 0 Å². The van der Waals surface area contributed by atoms with Gasteiger partial charge in [0.05, 0.1) is 13.2 Å². The van der Waals surface area contributed by atoms with Crippen molar-refractivity contribution in [2.45, 2.75) is 18.9 Å². The zero-order chi connectivity index (χ0) is 9.80. The van der Waals surface area contributed by atoms with Crippen molar-refractivity contribution < 1.29 is 14.4 Å². The molecule has 0 aromatic rings. The number of carbonyl (C=O) groups is 1. The minimum absolute atomic E-state index is 0.0445. The zero-order valence-corrected chi connectivity index (χ0v) is 8.20. The number of nitrogens with zero attached hydrogens (tertiary/aromatic N) is 1. The van der Waals surface area contributed by atoms with Crippen molar-refractivity contribution in [2.75, 3.05) is 32.8 Å². The Morgan fingerprint density at radius 2 is 2.29 bits per heavy atom. The number of morpholine rings is 1. The second kappa shape index (κ2) is 4.72. The molecule has 1 amide bonds. The van der Waals surface area contributed by atoms with Crippen molar-refractivity contribution in [2.24, 2.45) is 0 Å². The van der Waals surface area contributed by atoms with Gasteiger partial charge in [-0.1, -0.05) is 0 Å². The van der Waals surface area contributed by atoms with Crippen LogP contribution in [-0.4, -0.2) is 49.9 Å². The first-order valence-corrected chi connectivity index (χ1v) is 5.14. The molecule has 2 fully saturated rings. The lowest BCUT2D eigenvalue weighted by molar-refractivity contribution is -0.208. The number of hydrogen-bond donors (Lipinski definition) is 1. The van der Waals surface area contributed by atoms with Gasteiger partial charge >= 0.3 is 0 Å². The Labute approximate surface area is 83.3 Å². The first kappa shape index (κ1) is 9.89. The van der Waals surface area contributed by atoms with Crippen LogP contribution in [0.3, 0.4) is 0 Å². The molecule has 14 heavy (non-hydrogen) atoms. The molecule has 2 aliphatic heterocycles. The molecule has 80 valence electrons.